The Morgan fingerprint density at radius 2 is 1.95 bits per heavy atom. The van der Waals surface area contributed by atoms with E-state index in [4.69, 9.17) is 4.42 Å². The lowest BCUT2D eigenvalue weighted by molar-refractivity contribution is 0.455. The zero-order valence-electron chi connectivity index (χ0n) is 11.7. The van der Waals surface area contributed by atoms with Gasteiger partial charge in [0.15, 0.2) is 0 Å². The second kappa shape index (κ2) is 6.40. The first-order chi connectivity index (χ1) is 9.11. The van der Waals surface area contributed by atoms with Gasteiger partial charge in [-0.3, -0.25) is 0 Å². The Labute approximate surface area is 123 Å². The predicted octanol–water partition coefficient (Wildman–Crippen LogP) is 4.55. The molecule has 0 saturated carbocycles. The van der Waals surface area contributed by atoms with Gasteiger partial charge < -0.3 is 9.73 Å². The molecule has 0 aliphatic rings. The van der Waals surface area contributed by atoms with E-state index in [1.54, 1.807) is 6.26 Å². The third kappa shape index (κ3) is 3.48. The van der Waals surface area contributed by atoms with Crippen molar-refractivity contribution in [1.29, 1.82) is 0 Å². The summed E-state index contributed by atoms with van der Waals surface area (Å²) in [5.41, 5.74) is 3.87. The van der Waals surface area contributed by atoms with Crippen LogP contribution in [0.5, 0.6) is 0 Å². The minimum absolute atomic E-state index is 0.293. The second-order valence-corrected chi connectivity index (χ2v) is 5.66. The van der Waals surface area contributed by atoms with E-state index in [-0.39, 0.29) is 0 Å². The van der Waals surface area contributed by atoms with Crippen molar-refractivity contribution in [2.75, 3.05) is 6.54 Å². The van der Waals surface area contributed by atoms with Crippen LogP contribution in [0.3, 0.4) is 0 Å². The van der Waals surface area contributed by atoms with Gasteiger partial charge in [0.05, 0.1) is 6.26 Å². The van der Waals surface area contributed by atoms with Crippen LogP contribution in [0.2, 0.25) is 0 Å². The molecule has 2 aromatic rings. The standard InChI is InChI=1S/C16H20BrNO/c1-4-18-15(10-14-6-5-7-19-14)13-8-11(2)16(17)12(3)9-13/h5-9,15,18H,4,10H2,1-3H3. The summed E-state index contributed by atoms with van der Waals surface area (Å²) in [6.45, 7) is 7.35. The predicted molar refractivity (Wildman–Crippen MR) is 82.4 cm³/mol. The minimum Gasteiger partial charge on any atom is -0.469 e. The molecule has 0 spiro atoms. The number of benzene rings is 1. The van der Waals surface area contributed by atoms with E-state index < -0.39 is 0 Å². The molecule has 3 heteroatoms. The molecule has 0 radical (unpaired) electrons. The molecular weight excluding hydrogens is 302 g/mol. The molecule has 102 valence electrons. The number of aryl methyl sites for hydroxylation is 2. The summed E-state index contributed by atoms with van der Waals surface area (Å²) in [7, 11) is 0. The van der Waals surface area contributed by atoms with Gasteiger partial charge in [-0.25, -0.2) is 0 Å². The van der Waals surface area contributed by atoms with E-state index in [2.05, 4.69) is 54.2 Å². The van der Waals surface area contributed by atoms with E-state index in [0.717, 1.165) is 18.7 Å². The molecule has 19 heavy (non-hydrogen) atoms. The summed E-state index contributed by atoms with van der Waals surface area (Å²) in [6, 6.07) is 8.75. The maximum atomic E-state index is 5.47. The molecule has 0 aliphatic carbocycles. The summed E-state index contributed by atoms with van der Waals surface area (Å²) in [5, 5.41) is 3.54. The number of nitrogens with one attached hydrogen (secondary N) is 1. The zero-order chi connectivity index (χ0) is 13.8. The summed E-state index contributed by atoms with van der Waals surface area (Å²) < 4.78 is 6.67. The molecule has 1 aromatic carbocycles. The van der Waals surface area contributed by atoms with E-state index >= 15 is 0 Å². The Balaban J connectivity index is 2.28. The minimum atomic E-state index is 0.293. The summed E-state index contributed by atoms with van der Waals surface area (Å²) in [4.78, 5) is 0. The number of likely N-dealkylation sites (N-methyl/N-ethyl adjacent to an activating group) is 1. The van der Waals surface area contributed by atoms with E-state index in [1.807, 2.05) is 12.1 Å². The molecule has 1 unspecified atom stereocenters. The fourth-order valence-electron chi connectivity index (χ4n) is 2.36. The molecule has 1 atom stereocenters. The number of hydrogen-bond donors (Lipinski definition) is 1. The lowest BCUT2D eigenvalue weighted by atomic mass is 9.98. The molecule has 1 heterocycles. The molecule has 0 amide bonds. The fraction of sp³-hybridized carbons (Fsp3) is 0.375. The van der Waals surface area contributed by atoms with Crippen LogP contribution in [0.15, 0.2) is 39.4 Å². The van der Waals surface area contributed by atoms with Gasteiger partial charge in [-0.1, -0.05) is 35.0 Å². The van der Waals surface area contributed by atoms with E-state index in [9.17, 15) is 0 Å². The van der Waals surface area contributed by atoms with Gasteiger partial charge in [0, 0.05) is 16.9 Å². The first-order valence-corrected chi connectivity index (χ1v) is 7.43. The highest BCUT2D eigenvalue weighted by atomic mass is 79.9. The smallest absolute Gasteiger partial charge is 0.105 e. The third-order valence-corrected chi connectivity index (χ3v) is 4.55. The van der Waals surface area contributed by atoms with Crippen LogP contribution < -0.4 is 5.32 Å². The summed E-state index contributed by atoms with van der Waals surface area (Å²) >= 11 is 3.62. The Kier molecular flexibility index (Phi) is 4.83. The van der Waals surface area contributed by atoms with Crippen LogP contribution >= 0.6 is 15.9 Å². The molecular formula is C16H20BrNO. The first kappa shape index (κ1) is 14.4. The average molecular weight is 322 g/mol. The van der Waals surface area contributed by atoms with Crippen molar-refractivity contribution in [3.8, 4) is 0 Å². The van der Waals surface area contributed by atoms with Gasteiger partial charge >= 0.3 is 0 Å². The fourth-order valence-corrected chi connectivity index (χ4v) is 2.59. The summed E-state index contributed by atoms with van der Waals surface area (Å²) in [5.74, 6) is 1.02. The van der Waals surface area contributed by atoms with Gasteiger partial charge in [0.1, 0.15) is 5.76 Å². The molecule has 0 fully saturated rings. The van der Waals surface area contributed by atoms with Crippen LogP contribution in [0.25, 0.3) is 0 Å². The average Bonchev–Trinajstić information content (AvgIpc) is 2.88. The number of hydrogen-bond acceptors (Lipinski definition) is 2. The third-order valence-electron chi connectivity index (χ3n) is 3.30. The van der Waals surface area contributed by atoms with Crippen LogP contribution in [-0.2, 0) is 6.42 Å². The van der Waals surface area contributed by atoms with Crippen LogP contribution in [0.1, 0.15) is 35.4 Å². The van der Waals surface area contributed by atoms with Crippen molar-refractivity contribution in [2.45, 2.75) is 33.2 Å². The topological polar surface area (TPSA) is 25.2 Å². The highest BCUT2D eigenvalue weighted by Gasteiger charge is 2.14. The van der Waals surface area contributed by atoms with Crippen LogP contribution in [0, 0.1) is 13.8 Å². The van der Waals surface area contributed by atoms with E-state index in [0.29, 0.717) is 6.04 Å². The highest BCUT2D eigenvalue weighted by molar-refractivity contribution is 9.10. The van der Waals surface area contributed by atoms with Crippen molar-refractivity contribution < 1.29 is 4.42 Å². The Morgan fingerprint density at radius 3 is 2.47 bits per heavy atom. The SMILES string of the molecule is CCNC(Cc1ccco1)c1cc(C)c(Br)c(C)c1. The quantitative estimate of drug-likeness (QED) is 0.873. The lowest BCUT2D eigenvalue weighted by Gasteiger charge is -2.19. The van der Waals surface area contributed by atoms with Crippen molar-refractivity contribution >= 4 is 15.9 Å². The molecule has 2 rings (SSSR count). The second-order valence-electron chi connectivity index (χ2n) is 4.86. The maximum absolute atomic E-state index is 5.47. The van der Waals surface area contributed by atoms with Crippen molar-refractivity contribution in [1.82, 2.24) is 5.32 Å². The Bertz CT molecular complexity index is 511. The van der Waals surface area contributed by atoms with Crippen molar-refractivity contribution in [3.63, 3.8) is 0 Å². The van der Waals surface area contributed by atoms with Gasteiger partial charge in [0.25, 0.3) is 0 Å². The van der Waals surface area contributed by atoms with Gasteiger partial charge in [-0.05, 0) is 49.2 Å². The zero-order valence-corrected chi connectivity index (χ0v) is 13.3. The maximum Gasteiger partial charge on any atom is 0.105 e. The Hall–Kier alpha value is -1.06. The lowest BCUT2D eigenvalue weighted by Crippen LogP contribution is -2.23. The van der Waals surface area contributed by atoms with Gasteiger partial charge in [-0.2, -0.15) is 0 Å². The molecule has 1 N–H and O–H groups in total. The normalized spacial score (nSPS) is 12.6. The highest BCUT2D eigenvalue weighted by Crippen LogP contribution is 2.27. The molecule has 0 aliphatic heterocycles. The molecule has 2 nitrogen and oxygen atoms in total. The van der Waals surface area contributed by atoms with Crippen LogP contribution in [0.4, 0.5) is 0 Å². The molecule has 0 bridgehead atoms. The van der Waals surface area contributed by atoms with Crippen molar-refractivity contribution in [2.24, 2.45) is 0 Å². The molecule has 1 aromatic heterocycles. The first-order valence-electron chi connectivity index (χ1n) is 6.64. The van der Waals surface area contributed by atoms with Gasteiger partial charge in [-0.15, -0.1) is 0 Å². The summed E-state index contributed by atoms with van der Waals surface area (Å²) in [6.07, 6.45) is 2.61. The largest absolute Gasteiger partial charge is 0.469 e. The molecule has 0 saturated heterocycles. The number of furan rings is 1. The monoisotopic (exact) mass is 321 g/mol. The van der Waals surface area contributed by atoms with Gasteiger partial charge in [0.2, 0.25) is 0 Å². The van der Waals surface area contributed by atoms with E-state index in [1.165, 1.54) is 21.2 Å². The number of rotatable bonds is 5. The van der Waals surface area contributed by atoms with Crippen molar-refractivity contribution in [3.05, 3.63) is 57.5 Å². The van der Waals surface area contributed by atoms with Crippen LogP contribution in [-0.4, -0.2) is 6.54 Å². The Morgan fingerprint density at radius 1 is 1.26 bits per heavy atom. The number of halogens is 1.